The predicted molar refractivity (Wildman–Crippen MR) is 80.7 cm³/mol. The molecule has 4 nitrogen and oxygen atoms in total. The van der Waals surface area contributed by atoms with Crippen LogP contribution in [-0.4, -0.2) is 47.3 Å². The Bertz CT molecular complexity index is 509. The highest BCUT2D eigenvalue weighted by Gasteiger charge is 2.41. The van der Waals surface area contributed by atoms with Crippen molar-refractivity contribution < 1.29 is 9.59 Å². The molecule has 112 valence electrons. The third kappa shape index (κ3) is 3.16. The van der Waals surface area contributed by atoms with Crippen molar-refractivity contribution in [3.63, 3.8) is 0 Å². The minimum Gasteiger partial charge on any atom is -0.292 e. The second-order valence-electron chi connectivity index (χ2n) is 5.94. The number of hydrogen-bond donors (Lipinski definition) is 0. The van der Waals surface area contributed by atoms with Crippen LogP contribution in [0.4, 0.5) is 0 Å². The van der Waals surface area contributed by atoms with Crippen LogP contribution in [-0.2, 0) is 16.0 Å². The third-order valence-electron chi connectivity index (χ3n) is 4.52. The SMILES string of the molecule is O=C1CC(N2CCCCC2)C(=O)N1CCc1ccccc1. The average molecular weight is 286 g/mol. The number of imide groups is 1. The number of carbonyl (C=O) groups excluding carboxylic acids is 2. The molecule has 1 aromatic carbocycles. The first-order valence-electron chi connectivity index (χ1n) is 7.88. The number of hydrogen-bond acceptors (Lipinski definition) is 3. The fraction of sp³-hybridized carbons (Fsp3) is 0.529. The van der Waals surface area contributed by atoms with Gasteiger partial charge in [-0.05, 0) is 37.9 Å². The van der Waals surface area contributed by atoms with Crippen molar-refractivity contribution in [1.82, 2.24) is 9.80 Å². The van der Waals surface area contributed by atoms with E-state index in [1.807, 2.05) is 30.3 Å². The summed E-state index contributed by atoms with van der Waals surface area (Å²) < 4.78 is 0. The summed E-state index contributed by atoms with van der Waals surface area (Å²) in [6, 6.07) is 9.81. The molecule has 0 radical (unpaired) electrons. The number of benzene rings is 1. The molecule has 2 heterocycles. The molecule has 4 heteroatoms. The lowest BCUT2D eigenvalue weighted by molar-refractivity contribution is -0.139. The van der Waals surface area contributed by atoms with Gasteiger partial charge in [-0.3, -0.25) is 19.4 Å². The van der Waals surface area contributed by atoms with E-state index in [1.165, 1.54) is 16.9 Å². The highest BCUT2D eigenvalue weighted by molar-refractivity contribution is 6.05. The van der Waals surface area contributed by atoms with E-state index in [9.17, 15) is 9.59 Å². The van der Waals surface area contributed by atoms with E-state index < -0.39 is 0 Å². The number of carbonyl (C=O) groups is 2. The van der Waals surface area contributed by atoms with Crippen LogP contribution in [0.1, 0.15) is 31.2 Å². The van der Waals surface area contributed by atoms with Gasteiger partial charge in [-0.2, -0.15) is 0 Å². The standard InChI is InChI=1S/C17H22N2O2/c20-16-13-15(18-10-5-2-6-11-18)17(21)19(16)12-9-14-7-3-1-4-8-14/h1,3-4,7-8,15H,2,5-6,9-13H2. The molecule has 0 bridgehead atoms. The first kappa shape index (κ1) is 14.3. The van der Waals surface area contributed by atoms with E-state index in [0.29, 0.717) is 13.0 Å². The second kappa shape index (κ2) is 6.39. The van der Waals surface area contributed by atoms with Crippen LogP contribution in [0.25, 0.3) is 0 Å². The summed E-state index contributed by atoms with van der Waals surface area (Å²) in [6.07, 6.45) is 4.63. The van der Waals surface area contributed by atoms with Crippen LogP contribution in [0.5, 0.6) is 0 Å². The number of amides is 2. The Morgan fingerprint density at radius 3 is 2.43 bits per heavy atom. The molecule has 2 saturated heterocycles. The van der Waals surface area contributed by atoms with E-state index in [-0.39, 0.29) is 17.9 Å². The summed E-state index contributed by atoms with van der Waals surface area (Å²) in [5.74, 6) is 0.00401. The summed E-state index contributed by atoms with van der Waals surface area (Å²) in [4.78, 5) is 28.3. The zero-order valence-electron chi connectivity index (χ0n) is 12.3. The number of nitrogens with zero attached hydrogens (tertiary/aromatic N) is 2. The monoisotopic (exact) mass is 286 g/mol. The van der Waals surface area contributed by atoms with Gasteiger partial charge in [0.15, 0.2) is 0 Å². The first-order valence-corrected chi connectivity index (χ1v) is 7.88. The van der Waals surface area contributed by atoms with Gasteiger partial charge >= 0.3 is 0 Å². The van der Waals surface area contributed by atoms with E-state index in [4.69, 9.17) is 0 Å². The van der Waals surface area contributed by atoms with Gasteiger partial charge < -0.3 is 0 Å². The fourth-order valence-corrected chi connectivity index (χ4v) is 3.30. The van der Waals surface area contributed by atoms with Crippen LogP contribution in [0.2, 0.25) is 0 Å². The number of likely N-dealkylation sites (tertiary alicyclic amines) is 2. The van der Waals surface area contributed by atoms with Crippen LogP contribution in [0.3, 0.4) is 0 Å². The van der Waals surface area contributed by atoms with Crippen molar-refractivity contribution in [2.45, 2.75) is 38.1 Å². The van der Waals surface area contributed by atoms with E-state index in [0.717, 1.165) is 32.4 Å². The molecule has 0 N–H and O–H groups in total. The summed E-state index contributed by atoms with van der Waals surface area (Å²) in [5.41, 5.74) is 1.17. The minimum atomic E-state index is -0.200. The smallest absolute Gasteiger partial charge is 0.247 e. The van der Waals surface area contributed by atoms with E-state index >= 15 is 0 Å². The Morgan fingerprint density at radius 1 is 1.00 bits per heavy atom. The molecule has 1 unspecified atom stereocenters. The maximum Gasteiger partial charge on any atom is 0.247 e. The highest BCUT2D eigenvalue weighted by atomic mass is 16.2. The van der Waals surface area contributed by atoms with Crippen molar-refractivity contribution >= 4 is 11.8 Å². The molecule has 1 aromatic rings. The van der Waals surface area contributed by atoms with Crippen molar-refractivity contribution in [1.29, 1.82) is 0 Å². The fourth-order valence-electron chi connectivity index (χ4n) is 3.30. The third-order valence-corrected chi connectivity index (χ3v) is 4.52. The summed E-state index contributed by atoms with van der Waals surface area (Å²) in [7, 11) is 0. The Labute approximate surface area is 125 Å². The van der Waals surface area contributed by atoms with Gasteiger partial charge in [-0.25, -0.2) is 0 Å². The molecular formula is C17H22N2O2. The zero-order valence-corrected chi connectivity index (χ0v) is 12.3. The van der Waals surface area contributed by atoms with Gasteiger partial charge in [0.25, 0.3) is 0 Å². The van der Waals surface area contributed by atoms with Gasteiger partial charge in [0, 0.05) is 6.54 Å². The van der Waals surface area contributed by atoms with Gasteiger partial charge in [0.1, 0.15) is 0 Å². The quantitative estimate of drug-likeness (QED) is 0.793. The molecule has 2 fully saturated rings. The Balaban J connectivity index is 1.61. The zero-order chi connectivity index (χ0) is 14.7. The van der Waals surface area contributed by atoms with Crippen LogP contribution >= 0.6 is 0 Å². The molecule has 2 aliphatic heterocycles. The van der Waals surface area contributed by atoms with Crippen LogP contribution in [0, 0.1) is 0 Å². The van der Waals surface area contributed by atoms with Gasteiger partial charge in [-0.15, -0.1) is 0 Å². The van der Waals surface area contributed by atoms with Gasteiger partial charge in [0.2, 0.25) is 11.8 Å². The van der Waals surface area contributed by atoms with Crippen molar-refractivity contribution in [2.75, 3.05) is 19.6 Å². The number of piperidine rings is 1. The molecule has 2 aliphatic rings. The summed E-state index contributed by atoms with van der Waals surface area (Å²) in [5, 5.41) is 0. The lowest BCUT2D eigenvalue weighted by atomic mass is 10.1. The van der Waals surface area contributed by atoms with Gasteiger partial charge in [-0.1, -0.05) is 36.8 Å². The second-order valence-corrected chi connectivity index (χ2v) is 5.94. The Hall–Kier alpha value is -1.68. The molecule has 3 rings (SSSR count). The van der Waals surface area contributed by atoms with Crippen LogP contribution < -0.4 is 0 Å². The Morgan fingerprint density at radius 2 is 1.71 bits per heavy atom. The molecule has 2 amide bonds. The maximum absolute atomic E-state index is 12.5. The van der Waals surface area contributed by atoms with Crippen molar-refractivity contribution in [2.24, 2.45) is 0 Å². The van der Waals surface area contributed by atoms with Gasteiger partial charge in [0.05, 0.1) is 12.5 Å². The van der Waals surface area contributed by atoms with Crippen molar-refractivity contribution in [3.05, 3.63) is 35.9 Å². The predicted octanol–water partition coefficient (Wildman–Crippen LogP) is 1.84. The molecule has 0 aromatic heterocycles. The summed E-state index contributed by atoms with van der Waals surface area (Å²) >= 11 is 0. The number of rotatable bonds is 4. The van der Waals surface area contributed by atoms with Crippen molar-refractivity contribution in [3.8, 4) is 0 Å². The minimum absolute atomic E-state index is 0.00787. The summed E-state index contributed by atoms with van der Waals surface area (Å²) in [6.45, 7) is 2.42. The average Bonchev–Trinajstić information content (AvgIpc) is 2.82. The van der Waals surface area contributed by atoms with E-state index in [2.05, 4.69) is 4.90 Å². The first-order chi connectivity index (χ1) is 10.3. The molecule has 1 atom stereocenters. The molecule has 0 saturated carbocycles. The lowest BCUT2D eigenvalue weighted by Crippen LogP contribution is -2.44. The Kier molecular flexibility index (Phi) is 4.34. The highest BCUT2D eigenvalue weighted by Crippen LogP contribution is 2.22. The molecule has 0 aliphatic carbocycles. The largest absolute Gasteiger partial charge is 0.292 e. The van der Waals surface area contributed by atoms with E-state index in [1.54, 1.807) is 0 Å². The molecule has 0 spiro atoms. The normalized spacial score (nSPS) is 23.8. The van der Waals surface area contributed by atoms with Crippen LogP contribution in [0.15, 0.2) is 30.3 Å². The molecule has 21 heavy (non-hydrogen) atoms. The molecular weight excluding hydrogens is 264 g/mol. The topological polar surface area (TPSA) is 40.6 Å². The lowest BCUT2D eigenvalue weighted by Gasteiger charge is -2.30. The maximum atomic E-state index is 12.5.